The van der Waals surface area contributed by atoms with Gasteiger partial charge >= 0.3 is 0 Å². The van der Waals surface area contributed by atoms with Gasteiger partial charge in [-0.1, -0.05) is 19.1 Å². The molecular weight excluding hydrogens is 253 g/mol. The van der Waals surface area contributed by atoms with Gasteiger partial charge < -0.3 is 5.73 Å². The van der Waals surface area contributed by atoms with Crippen molar-refractivity contribution in [2.75, 3.05) is 32.7 Å². The molecule has 0 amide bonds. The Kier molecular flexibility index (Phi) is 5.52. The van der Waals surface area contributed by atoms with Gasteiger partial charge in [0.05, 0.1) is 0 Å². The molecule has 1 aromatic carbocycles. The highest BCUT2D eigenvalue weighted by Crippen LogP contribution is 2.15. The van der Waals surface area contributed by atoms with Crippen LogP contribution in [0.1, 0.15) is 31.9 Å². The number of halogens is 1. The third-order valence-corrected chi connectivity index (χ3v) is 4.35. The lowest BCUT2D eigenvalue weighted by Gasteiger charge is -2.38. The van der Waals surface area contributed by atoms with Gasteiger partial charge in [-0.2, -0.15) is 0 Å². The van der Waals surface area contributed by atoms with E-state index < -0.39 is 0 Å². The molecule has 1 aliphatic heterocycles. The largest absolute Gasteiger partial charge is 0.323 e. The van der Waals surface area contributed by atoms with Crippen molar-refractivity contribution < 1.29 is 4.39 Å². The highest BCUT2D eigenvalue weighted by Gasteiger charge is 2.21. The van der Waals surface area contributed by atoms with E-state index in [-0.39, 0.29) is 11.9 Å². The van der Waals surface area contributed by atoms with E-state index in [0.29, 0.717) is 6.04 Å². The van der Waals surface area contributed by atoms with E-state index in [1.807, 2.05) is 6.07 Å². The normalized spacial score (nSPS) is 20.8. The summed E-state index contributed by atoms with van der Waals surface area (Å²) >= 11 is 0. The van der Waals surface area contributed by atoms with Gasteiger partial charge in [-0.3, -0.25) is 9.80 Å². The third kappa shape index (κ3) is 4.01. The van der Waals surface area contributed by atoms with Gasteiger partial charge in [-0.15, -0.1) is 0 Å². The van der Waals surface area contributed by atoms with Gasteiger partial charge in [0.25, 0.3) is 0 Å². The maximum atomic E-state index is 13.2. The SMILES string of the molecule is CCC(C)N1CCN(CC(N)c2cccc(F)c2)CC1. The second-order valence-corrected chi connectivity index (χ2v) is 5.76. The predicted molar refractivity (Wildman–Crippen MR) is 81.1 cm³/mol. The van der Waals surface area contributed by atoms with Crippen LogP contribution in [0.25, 0.3) is 0 Å². The van der Waals surface area contributed by atoms with Crippen molar-refractivity contribution in [3.63, 3.8) is 0 Å². The lowest BCUT2D eigenvalue weighted by Crippen LogP contribution is -2.50. The smallest absolute Gasteiger partial charge is 0.123 e. The minimum absolute atomic E-state index is 0.110. The molecule has 0 spiro atoms. The van der Waals surface area contributed by atoms with Gasteiger partial charge in [0.15, 0.2) is 0 Å². The molecule has 1 aliphatic rings. The zero-order valence-corrected chi connectivity index (χ0v) is 12.6. The Hall–Kier alpha value is -0.970. The Morgan fingerprint density at radius 1 is 1.25 bits per heavy atom. The van der Waals surface area contributed by atoms with Crippen LogP contribution in [0.2, 0.25) is 0 Å². The Labute approximate surface area is 121 Å². The molecule has 2 unspecified atom stereocenters. The summed E-state index contributed by atoms with van der Waals surface area (Å²) in [7, 11) is 0. The maximum Gasteiger partial charge on any atom is 0.123 e. The molecule has 20 heavy (non-hydrogen) atoms. The Morgan fingerprint density at radius 3 is 2.55 bits per heavy atom. The molecular formula is C16H26FN3. The number of piperazine rings is 1. The van der Waals surface area contributed by atoms with Crippen LogP contribution < -0.4 is 5.73 Å². The first-order chi connectivity index (χ1) is 9.60. The molecule has 1 heterocycles. The molecule has 1 aromatic rings. The standard InChI is InChI=1S/C16H26FN3/c1-3-13(2)20-9-7-19(8-10-20)12-16(18)14-5-4-6-15(17)11-14/h4-6,11,13,16H,3,7-10,12,18H2,1-2H3. The zero-order chi connectivity index (χ0) is 14.5. The van der Waals surface area contributed by atoms with Crippen LogP contribution in [0.5, 0.6) is 0 Å². The molecule has 1 saturated heterocycles. The van der Waals surface area contributed by atoms with E-state index in [2.05, 4.69) is 23.6 Å². The first-order valence-corrected chi connectivity index (χ1v) is 7.57. The average Bonchev–Trinajstić information content (AvgIpc) is 2.47. The molecule has 2 rings (SSSR count). The Bertz CT molecular complexity index is 416. The fourth-order valence-electron chi connectivity index (χ4n) is 2.77. The van der Waals surface area contributed by atoms with E-state index in [1.54, 1.807) is 12.1 Å². The van der Waals surface area contributed by atoms with Crippen molar-refractivity contribution in [2.24, 2.45) is 5.73 Å². The monoisotopic (exact) mass is 279 g/mol. The minimum atomic E-state index is -0.209. The average molecular weight is 279 g/mol. The topological polar surface area (TPSA) is 32.5 Å². The first kappa shape index (κ1) is 15.4. The van der Waals surface area contributed by atoms with Gasteiger partial charge in [0.1, 0.15) is 5.82 Å². The summed E-state index contributed by atoms with van der Waals surface area (Å²) < 4.78 is 13.2. The molecule has 0 aliphatic carbocycles. The van der Waals surface area contributed by atoms with Gasteiger partial charge in [-0.25, -0.2) is 4.39 Å². The highest BCUT2D eigenvalue weighted by atomic mass is 19.1. The van der Waals surface area contributed by atoms with Crippen LogP contribution >= 0.6 is 0 Å². The summed E-state index contributed by atoms with van der Waals surface area (Å²) in [5.74, 6) is -0.209. The van der Waals surface area contributed by atoms with Crippen LogP contribution in [-0.2, 0) is 0 Å². The van der Waals surface area contributed by atoms with E-state index in [1.165, 1.54) is 12.5 Å². The van der Waals surface area contributed by atoms with Gasteiger partial charge in [-0.05, 0) is 31.0 Å². The number of hydrogen-bond acceptors (Lipinski definition) is 3. The summed E-state index contributed by atoms with van der Waals surface area (Å²) in [4.78, 5) is 4.92. The van der Waals surface area contributed by atoms with Crippen LogP contribution in [0.4, 0.5) is 4.39 Å². The van der Waals surface area contributed by atoms with Crippen molar-refractivity contribution in [3.05, 3.63) is 35.6 Å². The molecule has 1 fully saturated rings. The number of hydrogen-bond donors (Lipinski definition) is 1. The molecule has 112 valence electrons. The molecule has 3 nitrogen and oxygen atoms in total. The molecule has 0 radical (unpaired) electrons. The van der Waals surface area contributed by atoms with E-state index in [9.17, 15) is 4.39 Å². The van der Waals surface area contributed by atoms with E-state index in [4.69, 9.17) is 5.73 Å². The Morgan fingerprint density at radius 2 is 1.95 bits per heavy atom. The molecule has 0 bridgehead atoms. The predicted octanol–water partition coefficient (Wildman–Crippen LogP) is 2.24. The fraction of sp³-hybridized carbons (Fsp3) is 0.625. The number of nitrogens with zero attached hydrogens (tertiary/aromatic N) is 2. The molecule has 0 saturated carbocycles. The highest BCUT2D eigenvalue weighted by molar-refractivity contribution is 5.20. The van der Waals surface area contributed by atoms with Crippen LogP contribution in [-0.4, -0.2) is 48.6 Å². The summed E-state index contributed by atoms with van der Waals surface area (Å²) in [6.45, 7) is 9.62. The van der Waals surface area contributed by atoms with Crippen molar-refractivity contribution in [1.29, 1.82) is 0 Å². The first-order valence-electron chi connectivity index (χ1n) is 7.57. The molecule has 0 aromatic heterocycles. The van der Waals surface area contributed by atoms with Crippen LogP contribution in [0.3, 0.4) is 0 Å². The third-order valence-electron chi connectivity index (χ3n) is 4.35. The lowest BCUT2D eigenvalue weighted by atomic mass is 10.1. The quantitative estimate of drug-likeness (QED) is 0.897. The lowest BCUT2D eigenvalue weighted by molar-refractivity contribution is 0.0968. The second-order valence-electron chi connectivity index (χ2n) is 5.76. The fourth-order valence-corrected chi connectivity index (χ4v) is 2.77. The van der Waals surface area contributed by atoms with Gasteiger partial charge in [0.2, 0.25) is 0 Å². The van der Waals surface area contributed by atoms with Crippen molar-refractivity contribution in [3.8, 4) is 0 Å². The molecule has 2 atom stereocenters. The van der Waals surface area contributed by atoms with Crippen molar-refractivity contribution in [2.45, 2.75) is 32.4 Å². The number of nitrogens with two attached hydrogens (primary N) is 1. The number of rotatable bonds is 5. The molecule has 4 heteroatoms. The molecule has 2 N–H and O–H groups in total. The van der Waals surface area contributed by atoms with Crippen molar-refractivity contribution >= 4 is 0 Å². The van der Waals surface area contributed by atoms with E-state index >= 15 is 0 Å². The van der Waals surface area contributed by atoms with Crippen LogP contribution in [0, 0.1) is 5.82 Å². The maximum absolute atomic E-state index is 13.2. The number of benzene rings is 1. The minimum Gasteiger partial charge on any atom is -0.323 e. The van der Waals surface area contributed by atoms with Crippen molar-refractivity contribution in [1.82, 2.24) is 9.80 Å². The van der Waals surface area contributed by atoms with Gasteiger partial charge in [0, 0.05) is 44.8 Å². The summed E-state index contributed by atoms with van der Waals surface area (Å²) in [5, 5.41) is 0. The van der Waals surface area contributed by atoms with Crippen LogP contribution in [0.15, 0.2) is 24.3 Å². The summed E-state index contributed by atoms with van der Waals surface area (Å²) in [5.41, 5.74) is 7.08. The zero-order valence-electron chi connectivity index (χ0n) is 12.6. The Balaban J connectivity index is 1.83. The second kappa shape index (κ2) is 7.16. The van der Waals surface area contributed by atoms with E-state index in [0.717, 1.165) is 38.3 Å². The summed E-state index contributed by atoms with van der Waals surface area (Å²) in [6, 6.07) is 7.19. The summed E-state index contributed by atoms with van der Waals surface area (Å²) in [6.07, 6.45) is 1.20.